The molecule has 0 saturated heterocycles. The molecule has 8 N–H and O–H groups in total. The molecule has 4 rings (SSSR count). The molecule has 1 aliphatic heterocycles. The maximum atomic E-state index is 13.0. The average Bonchev–Trinajstić information content (AvgIpc) is 2.96. The highest BCUT2D eigenvalue weighted by atomic mass is 16.2. The first-order chi connectivity index (χ1) is 18.7. The van der Waals surface area contributed by atoms with Crippen molar-refractivity contribution < 1.29 is 9.59 Å². The number of carbonyl (C=O) groups excluding carboxylic acids is 2. The summed E-state index contributed by atoms with van der Waals surface area (Å²) < 4.78 is 0. The van der Waals surface area contributed by atoms with Crippen molar-refractivity contribution in [2.45, 2.75) is 13.0 Å². The molecule has 39 heavy (non-hydrogen) atoms. The molecular weight excluding hydrogens is 492 g/mol. The number of nitrogens with two attached hydrogens (primary N) is 2. The summed E-state index contributed by atoms with van der Waals surface area (Å²) >= 11 is 0. The van der Waals surface area contributed by atoms with Gasteiger partial charge >= 0.3 is 0 Å². The van der Waals surface area contributed by atoms with E-state index in [-0.39, 0.29) is 23.7 Å². The Bertz CT molecular complexity index is 1400. The molecule has 0 spiro atoms. The van der Waals surface area contributed by atoms with E-state index in [0.29, 0.717) is 36.4 Å². The molecule has 0 radical (unpaired) electrons. The van der Waals surface area contributed by atoms with Crippen LogP contribution in [0.4, 0.5) is 11.4 Å². The van der Waals surface area contributed by atoms with Gasteiger partial charge in [-0.1, -0.05) is 30.3 Å². The van der Waals surface area contributed by atoms with Gasteiger partial charge in [-0.25, -0.2) is 0 Å². The highest BCUT2D eigenvalue weighted by Crippen LogP contribution is 2.24. The van der Waals surface area contributed by atoms with Crippen LogP contribution in [-0.2, 0) is 6.54 Å². The van der Waals surface area contributed by atoms with Gasteiger partial charge in [0, 0.05) is 49.2 Å². The zero-order valence-electron chi connectivity index (χ0n) is 21.7. The number of nitrogens with zero attached hydrogens (tertiary/aromatic N) is 2. The summed E-state index contributed by atoms with van der Waals surface area (Å²) in [5.41, 5.74) is 16.4. The van der Waals surface area contributed by atoms with Crippen LogP contribution in [-0.4, -0.2) is 48.8 Å². The van der Waals surface area contributed by atoms with Crippen molar-refractivity contribution in [1.29, 1.82) is 10.8 Å². The summed E-state index contributed by atoms with van der Waals surface area (Å²) in [7, 11) is 1.69. The third-order valence-electron chi connectivity index (χ3n) is 6.57. The van der Waals surface area contributed by atoms with E-state index in [1.165, 1.54) is 10.5 Å². The highest BCUT2D eigenvalue weighted by Gasteiger charge is 2.16. The minimum absolute atomic E-state index is 0.0821. The second kappa shape index (κ2) is 12.0. The molecule has 200 valence electrons. The van der Waals surface area contributed by atoms with Gasteiger partial charge in [-0.3, -0.25) is 20.4 Å². The number of benzene rings is 3. The van der Waals surface area contributed by atoms with Crippen LogP contribution in [0.3, 0.4) is 0 Å². The fourth-order valence-electron chi connectivity index (χ4n) is 4.23. The Morgan fingerprint density at radius 3 is 2.13 bits per heavy atom. The van der Waals surface area contributed by atoms with E-state index in [0.717, 1.165) is 23.2 Å². The normalized spacial score (nSPS) is 12.7. The Labute approximate surface area is 227 Å². The fourth-order valence-corrected chi connectivity index (χ4v) is 4.23. The molecule has 1 aliphatic rings. The van der Waals surface area contributed by atoms with E-state index >= 15 is 0 Å². The first-order valence-electron chi connectivity index (χ1n) is 12.5. The smallest absolute Gasteiger partial charge is 0.258 e. The molecule has 3 aromatic carbocycles. The zero-order valence-corrected chi connectivity index (χ0v) is 21.7. The molecule has 3 aromatic rings. The van der Waals surface area contributed by atoms with E-state index in [1.807, 2.05) is 53.4 Å². The largest absolute Gasteiger partial charge is 0.370 e. The van der Waals surface area contributed by atoms with Crippen molar-refractivity contribution >= 4 is 40.7 Å². The quantitative estimate of drug-likeness (QED) is 0.205. The molecule has 0 aromatic heterocycles. The summed E-state index contributed by atoms with van der Waals surface area (Å²) in [6.07, 6.45) is 2.87. The fraction of sp³-hybridized carbons (Fsp3) is 0.172. The molecule has 10 nitrogen and oxygen atoms in total. The molecule has 10 heteroatoms. The molecule has 1 heterocycles. The summed E-state index contributed by atoms with van der Waals surface area (Å²) in [4.78, 5) is 29.1. The third-order valence-corrected chi connectivity index (χ3v) is 6.57. The lowest BCUT2D eigenvalue weighted by Gasteiger charge is -2.26. The van der Waals surface area contributed by atoms with Gasteiger partial charge in [0.2, 0.25) is 0 Å². The molecule has 2 amide bonds. The standard InChI is InChI=1S/C29H32N8O2/c1-36(25-12-2-19(3-13-25)18-34-28(30)31)27(39)23-6-4-22(5-7-23)26(38)35-24-10-8-20(9-11-24)21-14-16-37(17-15-21)29(32)33/h2-14H,15-18H2,1H3,(H3,32,33)(H,35,38)(H4,30,31,34). The number of hydrogen-bond acceptors (Lipinski definition) is 4. The summed E-state index contributed by atoms with van der Waals surface area (Å²) in [5, 5.41) is 20.4. The molecule has 0 aliphatic carbocycles. The van der Waals surface area contributed by atoms with Crippen molar-refractivity contribution in [3.63, 3.8) is 0 Å². The molecule has 0 unspecified atom stereocenters. The monoisotopic (exact) mass is 524 g/mol. The van der Waals surface area contributed by atoms with E-state index < -0.39 is 0 Å². The third kappa shape index (κ3) is 6.80. The van der Waals surface area contributed by atoms with Crippen molar-refractivity contribution in [2.75, 3.05) is 30.4 Å². The predicted molar refractivity (Wildman–Crippen MR) is 155 cm³/mol. The maximum Gasteiger partial charge on any atom is 0.258 e. The van der Waals surface area contributed by atoms with Crippen molar-refractivity contribution in [3.05, 3.63) is 101 Å². The number of nitrogens with one attached hydrogen (secondary N) is 4. The van der Waals surface area contributed by atoms with E-state index in [4.69, 9.17) is 22.3 Å². The van der Waals surface area contributed by atoms with E-state index in [9.17, 15) is 9.59 Å². The van der Waals surface area contributed by atoms with Gasteiger partial charge < -0.3 is 31.9 Å². The number of anilines is 2. The lowest BCUT2D eigenvalue weighted by molar-refractivity contribution is 0.0989. The van der Waals surface area contributed by atoms with Crippen LogP contribution >= 0.6 is 0 Å². The zero-order chi connectivity index (χ0) is 27.9. The number of rotatable bonds is 7. The minimum Gasteiger partial charge on any atom is -0.370 e. The van der Waals surface area contributed by atoms with Crippen LogP contribution < -0.4 is 27.0 Å². The Morgan fingerprint density at radius 2 is 1.56 bits per heavy atom. The Morgan fingerprint density at radius 1 is 0.923 bits per heavy atom. The first kappa shape index (κ1) is 26.9. The van der Waals surface area contributed by atoms with Gasteiger partial charge in [0.05, 0.1) is 0 Å². The number of guanidine groups is 2. The maximum absolute atomic E-state index is 13.0. The van der Waals surface area contributed by atoms with Gasteiger partial charge in [-0.05, 0) is 71.7 Å². The van der Waals surface area contributed by atoms with Crippen molar-refractivity contribution in [2.24, 2.45) is 11.5 Å². The highest BCUT2D eigenvalue weighted by molar-refractivity contribution is 6.08. The lowest BCUT2D eigenvalue weighted by atomic mass is 9.99. The molecule has 0 atom stereocenters. The summed E-state index contributed by atoms with van der Waals surface area (Å²) in [5.74, 6) is -0.480. The van der Waals surface area contributed by atoms with Crippen LogP contribution in [0.15, 0.2) is 78.9 Å². The summed E-state index contributed by atoms with van der Waals surface area (Å²) in [6, 6.07) is 21.6. The second-order valence-electron chi connectivity index (χ2n) is 9.22. The van der Waals surface area contributed by atoms with Crippen LogP contribution in [0.1, 0.15) is 38.3 Å². The van der Waals surface area contributed by atoms with E-state index in [1.54, 1.807) is 31.3 Å². The van der Waals surface area contributed by atoms with Gasteiger partial charge in [-0.2, -0.15) is 0 Å². The minimum atomic E-state index is -0.265. The lowest BCUT2D eigenvalue weighted by Crippen LogP contribution is -2.39. The Hall–Kier alpha value is -5.12. The molecule has 0 saturated carbocycles. The first-order valence-corrected chi connectivity index (χ1v) is 12.5. The van der Waals surface area contributed by atoms with Crippen molar-refractivity contribution in [3.8, 4) is 0 Å². The van der Waals surface area contributed by atoms with Gasteiger partial charge in [0.25, 0.3) is 11.8 Å². The summed E-state index contributed by atoms with van der Waals surface area (Å²) in [6.45, 7) is 1.75. The predicted octanol–water partition coefficient (Wildman–Crippen LogP) is 3.18. The van der Waals surface area contributed by atoms with Gasteiger partial charge in [-0.15, -0.1) is 0 Å². The number of amides is 2. The molecular formula is C29H32N8O2. The molecule has 0 bridgehead atoms. The SMILES string of the molecule is CN(C(=O)c1ccc(C(=O)Nc2ccc(C3=CCN(C(=N)N)CC3)cc2)cc1)c1ccc(CNC(=N)N)cc1. The van der Waals surface area contributed by atoms with Crippen molar-refractivity contribution in [1.82, 2.24) is 10.2 Å². The molecule has 0 fully saturated rings. The number of carbonyl (C=O) groups is 2. The van der Waals surface area contributed by atoms with Crippen LogP contribution in [0, 0.1) is 10.8 Å². The second-order valence-corrected chi connectivity index (χ2v) is 9.22. The topological polar surface area (TPSA) is 164 Å². The van der Waals surface area contributed by atoms with Crippen LogP contribution in [0.5, 0.6) is 0 Å². The Balaban J connectivity index is 1.34. The van der Waals surface area contributed by atoms with Gasteiger partial charge in [0.15, 0.2) is 11.9 Å². The average molecular weight is 525 g/mol. The van der Waals surface area contributed by atoms with Crippen LogP contribution in [0.25, 0.3) is 5.57 Å². The van der Waals surface area contributed by atoms with Crippen LogP contribution in [0.2, 0.25) is 0 Å². The van der Waals surface area contributed by atoms with Gasteiger partial charge in [0.1, 0.15) is 0 Å². The van der Waals surface area contributed by atoms with E-state index in [2.05, 4.69) is 16.7 Å². The number of hydrogen-bond donors (Lipinski definition) is 6. The Kier molecular flexibility index (Phi) is 8.25.